The minimum absolute atomic E-state index is 0.0983. The highest BCUT2D eigenvalue weighted by molar-refractivity contribution is 6.30. The van der Waals surface area contributed by atoms with E-state index in [0.717, 1.165) is 43.2 Å². The number of morpholine rings is 1. The van der Waals surface area contributed by atoms with Crippen molar-refractivity contribution in [2.45, 2.75) is 12.5 Å². The van der Waals surface area contributed by atoms with Crippen LogP contribution < -0.4 is 0 Å². The van der Waals surface area contributed by atoms with E-state index in [2.05, 4.69) is 4.90 Å². The lowest BCUT2D eigenvalue weighted by atomic mass is 10.1. The minimum atomic E-state index is 0.0983. The molecule has 1 heterocycles. The molecule has 0 spiro atoms. The zero-order chi connectivity index (χ0) is 12.1. The second-order valence-electron chi connectivity index (χ2n) is 4.29. The fraction of sp³-hybridized carbons (Fsp3) is 0.538. The van der Waals surface area contributed by atoms with Gasteiger partial charge in [0.15, 0.2) is 0 Å². The van der Waals surface area contributed by atoms with Crippen LogP contribution in [0.15, 0.2) is 24.3 Å². The van der Waals surface area contributed by atoms with E-state index in [1.807, 2.05) is 24.3 Å². The van der Waals surface area contributed by atoms with Crippen molar-refractivity contribution in [3.8, 4) is 0 Å². The zero-order valence-corrected chi connectivity index (χ0v) is 10.6. The molecule has 3 nitrogen and oxygen atoms in total. The van der Waals surface area contributed by atoms with Gasteiger partial charge in [-0.2, -0.15) is 0 Å². The SMILES string of the molecule is OCCCN1CCOC(c2cccc(Cl)c2)C1. The van der Waals surface area contributed by atoms with Gasteiger partial charge in [-0.15, -0.1) is 0 Å². The third-order valence-electron chi connectivity index (χ3n) is 3.00. The van der Waals surface area contributed by atoms with Gasteiger partial charge in [0.1, 0.15) is 0 Å². The molecule has 1 aromatic carbocycles. The molecule has 0 aromatic heterocycles. The quantitative estimate of drug-likeness (QED) is 0.894. The Morgan fingerprint density at radius 2 is 2.35 bits per heavy atom. The Hall–Kier alpha value is -0.610. The molecule has 0 aliphatic carbocycles. The third-order valence-corrected chi connectivity index (χ3v) is 3.24. The molecule has 17 heavy (non-hydrogen) atoms. The summed E-state index contributed by atoms with van der Waals surface area (Å²) in [5.74, 6) is 0. The highest BCUT2D eigenvalue weighted by Gasteiger charge is 2.21. The summed E-state index contributed by atoms with van der Waals surface area (Å²) in [6.07, 6.45) is 0.920. The van der Waals surface area contributed by atoms with Crippen LogP contribution in [-0.4, -0.2) is 42.9 Å². The van der Waals surface area contributed by atoms with E-state index in [1.165, 1.54) is 0 Å². The second kappa shape index (κ2) is 6.36. The Morgan fingerprint density at radius 3 is 3.12 bits per heavy atom. The van der Waals surface area contributed by atoms with E-state index in [1.54, 1.807) is 0 Å². The van der Waals surface area contributed by atoms with Crippen molar-refractivity contribution in [3.63, 3.8) is 0 Å². The molecule has 1 atom stereocenters. The summed E-state index contributed by atoms with van der Waals surface area (Å²) in [4.78, 5) is 2.32. The van der Waals surface area contributed by atoms with Crippen LogP contribution in [0.4, 0.5) is 0 Å². The zero-order valence-electron chi connectivity index (χ0n) is 9.81. The molecule has 1 aliphatic heterocycles. The summed E-state index contributed by atoms with van der Waals surface area (Å²) in [7, 11) is 0. The maximum atomic E-state index is 8.84. The number of nitrogens with zero attached hydrogens (tertiary/aromatic N) is 1. The molecule has 1 unspecified atom stereocenters. The average Bonchev–Trinajstić information content (AvgIpc) is 2.37. The van der Waals surface area contributed by atoms with Gasteiger partial charge in [0.25, 0.3) is 0 Å². The summed E-state index contributed by atoms with van der Waals surface area (Å²) in [5.41, 5.74) is 1.13. The molecule has 1 aliphatic rings. The van der Waals surface area contributed by atoms with E-state index in [9.17, 15) is 0 Å². The largest absolute Gasteiger partial charge is 0.396 e. The first kappa shape index (κ1) is 12.8. The van der Waals surface area contributed by atoms with Crippen molar-refractivity contribution in [2.24, 2.45) is 0 Å². The molecule has 4 heteroatoms. The summed E-state index contributed by atoms with van der Waals surface area (Å²) in [6, 6.07) is 7.83. The molecule has 0 radical (unpaired) electrons. The van der Waals surface area contributed by atoms with Crippen molar-refractivity contribution in [3.05, 3.63) is 34.9 Å². The van der Waals surface area contributed by atoms with E-state index in [0.29, 0.717) is 0 Å². The van der Waals surface area contributed by atoms with Crippen LogP contribution in [0.1, 0.15) is 18.1 Å². The van der Waals surface area contributed by atoms with E-state index in [-0.39, 0.29) is 12.7 Å². The average molecular weight is 256 g/mol. The number of aliphatic hydroxyl groups excluding tert-OH is 1. The summed E-state index contributed by atoms with van der Waals surface area (Å²) in [6.45, 7) is 3.73. The van der Waals surface area contributed by atoms with Crippen molar-refractivity contribution >= 4 is 11.6 Å². The normalized spacial score (nSPS) is 21.6. The molecule has 1 saturated heterocycles. The molecule has 0 amide bonds. The molecular formula is C13H18ClNO2. The molecule has 94 valence electrons. The Morgan fingerprint density at radius 1 is 1.47 bits per heavy atom. The number of rotatable bonds is 4. The number of hydrogen-bond donors (Lipinski definition) is 1. The van der Waals surface area contributed by atoms with Crippen LogP contribution in [0, 0.1) is 0 Å². The van der Waals surface area contributed by atoms with Crippen LogP contribution in [-0.2, 0) is 4.74 Å². The molecular weight excluding hydrogens is 238 g/mol. The fourth-order valence-electron chi connectivity index (χ4n) is 2.11. The van der Waals surface area contributed by atoms with E-state index < -0.39 is 0 Å². The smallest absolute Gasteiger partial charge is 0.0952 e. The number of hydrogen-bond acceptors (Lipinski definition) is 3. The predicted molar refractivity (Wildman–Crippen MR) is 68.3 cm³/mol. The van der Waals surface area contributed by atoms with Crippen LogP contribution in [0.25, 0.3) is 0 Å². The Bertz CT molecular complexity index is 359. The van der Waals surface area contributed by atoms with Crippen molar-refractivity contribution in [2.75, 3.05) is 32.8 Å². The Kier molecular flexibility index (Phi) is 4.80. The topological polar surface area (TPSA) is 32.7 Å². The summed E-state index contributed by atoms with van der Waals surface area (Å²) in [5, 5.41) is 9.59. The first-order chi connectivity index (χ1) is 8.29. The van der Waals surface area contributed by atoms with Crippen molar-refractivity contribution in [1.82, 2.24) is 4.90 Å². The van der Waals surface area contributed by atoms with Gasteiger partial charge in [-0.1, -0.05) is 23.7 Å². The number of halogens is 1. The van der Waals surface area contributed by atoms with Crippen molar-refractivity contribution < 1.29 is 9.84 Å². The molecule has 0 saturated carbocycles. The van der Waals surface area contributed by atoms with Crippen LogP contribution in [0.3, 0.4) is 0 Å². The monoisotopic (exact) mass is 255 g/mol. The Labute approximate surface area is 107 Å². The van der Waals surface area contributed by atoms with Gasteiger partial charge >= 0.3 is 0 Å². The van der Waals surface area contributed by atoms with Gasteiger partial charge in [-0.05, 0) is 24.1 Å². The number of aliphatic hydroxyl groups is 1. The van der Waals surface area contributed by atoms with Gasteiger partial charge in [0.05, 0.1) is 12.7 Å². The fourth-order valence-corrected chi connectivity index (χ4v) is 2.31. The molecule has 0 bridgehead atoms. The third kappa shape index (κ3) is 3.68. The van der Waals surface area contributed by atoms with Gasteiger partial charge in [-0.3, -0.25) is 4.90 Å². The molecule has 1 N–H and O–H groups in total. The number of benzene rings is 1. The maximum Gasteiger partial charge on any atom is 0.0952 e. The highest BCUT2D eigenvalue weighted by Crippen LogP contribution is 2.24. The van der Waals surface area contributed by atoms with Crippen LogP contribution in [0.2, 0.25) is 5.02 Å². The highest BCUT2D eigenvalue weighted by atomic mass is 35.5. The lowest BCUT2D eigenvalue weighted by Crippen LogP contribution is -2.39. The summed E-state index contributed by atoms with van der Waals surface area (Å²) >= 11 is 5.98. The van der Waals surface area contributed by atoms with Crippen LogP contribution >= 0.6 is 11.6 Å². The predicted octanol–water partition coefficient (Wildman–Crippen LogP) is 2.10. The lowest BCUT2D eigenvalue weighted by Gasteiger charge is -2.33. The van der Waals surface area contributed by atoms with E-state index >= 15 is 0 Å². The second-order valence-corrected chi connectivity index (χ2v) is 4.73. The molecule has 1 aromatic rings. The minimum Gasteiger partial charge on any atom is -0.396 e. The lowest BCUT2D eigenvalue weighted by molar-refractivity contribution is -0.0312. The van der Waals surface area contributed by atoms with Gasteiger partial charge in [0, 0.05) is 31.3 Å². The maximum absolute atomic E-state index is 8.84. The number of ether oxygens (including phenoxy) is 1. The van der Waals surface area contributed by atoms with Gasteiger partial charge < -0.3 is 9.84 Å². The summed E-state index contributed by atoms with van der Waals surface area (Å²) < 4.78 is 5.77. The molecule has 2 rings (SSSR count). The van der Waals surface area contributed by atoms with Crippen molar-refractivity contribution in [1.29, 1.82) is 0 Å². The van der Waals surface area contributed by atoms with Gasteiger partial charge in [-0.25, -0.2) is 0 Å². The Balaban J connectivity index is 1.97. The standard InChI is InChI=1S/C13H18ClNO2/c14-12-4-1-3-11(9-12)13-10-15(5-2-7-16)6-8-17-13/h1,3-4,9,13,16H,2,5-8,10H2. The van der Waals surface area contributed by atoms with Gasteiger partial charge in [0.2, 0.25) is 0 Å². The van der Waals surface area contributed by atoms with E-state index in [4.69, 9.17) is 21.4 Å². The first-order valence-corrected chi connectivity index (χ1v) is 6.37. The molecule has 1 fully saturated rings. The first-order valence-electron chi connectivity index (χ1n) is 6.00. The van der Waals surface area contributed by atoms with Crippen LogP contribution in [0.5, 0.6) is 0 Å².